The Hall–Kier alpha value is -2.78. The second kappa shape index (κ2) is 8.49. The zero-order valence-electron chi connectivity index (χ0n) is 15.6. The molecule has 0 aliphatic carbocycles. The van der Waals surface area contributed by atoms with Crippen LogP contribution in [0.4, 0.5) is 0 Å². The topological polar surface area (TPSA) is 91.4 Å². The number of methoxy groups -OCH3 is 1. The highest BCUT2D eigenvalue weighted by molar-refractivity contribution is 7.86. The van der Waals surface area contributed by atoms with Gasteiger partial charge in [0.15, 0.2) is 11.5 Å². The highest BCUT2D eigenvalue weighted by Crippen LogP contribution is 2.33. The second-order valence-electron chi connectivity index (χ2n) is 6.22. The van der Waals surface area contributed by atoms with E-state index in [1.165, 1.54) is 0 Å². The number of benzene rings is 2. The molecule has 28 heavy (non-hydrogen) atoms. The van der Waals surface area contributed by atoms with Gasteiger partial charge in [-0.2, -0.15) is 8.42 Å². The minimum Gasteiger partial charge on any atom is -0.454 e. The Kier molecular flexibility index (Phi) is 6.05. The number of carbonyl (C=O) groups is 1. The van der Waals surface area contributed by atoms with E-state index in [0.717, 1.165) is 11.8 Å². The molecule has 1 amide bonds. The predicted octanol–water partition coefficient (Wildman–Crippen LogP) is 2.04. The maximum atomic E-state index is 13.0. The van der Waals surface area contributed by atoms with Crippen molar-refractivity contribution in [1.82, 2.24) is 4.90 Å². The van der Waals surface area contributed by atoms with Crippen molar-refractivity contribution in [2.75, 3.05) is 33.3 Å². The summed E-state index contributed by atoms with van der Waals surface area (Å²) in [6, 6.07) is 11.6. The van der Waals surface area contributed by atoms with E-state index >= 15 is 0 Å². The van der Waals surface area contributed by atoms with Gasteiger partial charge in [0.2, 0.25) is 6.79 Å². The maximum Gasteiger partial charge on any atom is 0.306 e. The molecule has 0 saturated carbocycles. The lowest BCUT2D eigenvalue weighted by Gasteiger charge is -2.23. The number of amides is 1. The molecule has 1 aliphatic rings. The van der Waals surface area contributed by atoms with E-state index in [2.05, 4.69) is 0 Å². The molecule has 9 heteroatoms. The maximum absolute atomic E-state index is 13.0. The van der Waals surface area contributed by atoms with Crippen LogP contribution in [-0.4, -0.2) is 52.5 Å². The van der Waals surface area contributed by atoms with Crippen LogP contribution in [0, 0.1) is 0 Å². The van der Waals surface area contributed by atoms with Crippen molar-refractivity contribution >= 4 is 16.0 Å². The summed E-state index contributed by atoms with van der Waals surface area (Å²) in [6.07, 6.45) is 0.984. The fraction of sp³-hybridized carbons (Fsp3) is 0.316. The number of ether oxygens (including phenoxy) is 3. The molecule has 2 aromatic rings. The summed E-state index contributed by atoms with van der Waals surface area (Å²) in [4.78, 5) is 14.6. The van der Waals surface area contributed by atoms with Crippen LogP contribution < -0.4 is 13.7 Å². The Labute approximate surface area is 163 Å². The number of rotatable bonds is 8. The van der Waals surface area contributed by atoms with Gasteiger partial charge in [0.25, 0.3) is 5.91 Å². The Morgan fingerprint density at radius 3 is 2.50 bits per heavy atom. The molecule has 150 valence electrons. The smallest absolute Gasteiger partial charge is 0.306 e. The monoisotopic (exact) mass is 407 g/mol. The third kappa shape index (κ3) is 5.14. The molecular formula is C19H21NO7S. The zero-order valence-corrected chi connectivity index (χ0v) is 16.4. The number of hydrogen-bond donors (Lipinski definition) is 0. The third-order valence-corrected chi connectivity index (χ3v) is 4.51. The van der Waals surface area contributed by atoms with Gasteiger partial charge >= 0.3 is 10.1 Å². The summed E-state index contributed by atoms with van der Waals surface area (Å²) in [5, 5.41) is 0. The summed E-state index contributed by atoms with van der Waals surface area (Å²) in [6.45, 7) is 1.25. The van der Waals surface area contributed by atoms with Gasteiger partial charge in [-0.1, -0.05) is 12.1 Å². The average molecular weight is 407 g/mol. The number of fused-ring (bicyclic) bond motifs is 1. The Balaban J connectivity index is 1.75. The van der Waals surface area contributed by atoms with Gasteiger partial charge in [-0.05, 0) is 35.9 Å². The SMILES string of the molecule is COCCN(Cc1ccc(OS(C)(=O)=O)cc1)C(=O)c1ccc2c(c1)OCO2. The molecule has 0 unspecified atom stereocenters. The Bertz CT molecular complexity index is 941. The first-order valence-corrected chi connectivity index (χ1v) is 10.3. The molecule has 2 aromatic carbocycles. The van der Waals surface area contributed by atoms with Crippen molar-refractivity contribution in [3.05, 3.63) is 53.6 Å². The van der Waals surface area contributed by atoms with Crippen LogP contribution in [-0.2, 0) is 21.4 Å². The van der Waals surface area contributed by atoms with E-state index < -0.39 is 10.1 Å². The van der Waals surface area contributed by atoms with Crippen LogP contribution in [0.25, 0.3) is 0 Å². The molecule has 0 aromatic heterocycles. The molecule has 0 atom stereocenters. The largest absolute Gasteiger partial charge is 0.454 e. The molecule has 0 N–H and O–H groups in total. The molecule has 1 aliphatic heterocycles. The van der Waals surface area contributed by atoms with Gasteiger partial charge < -0.3 is 23.3 Å². The normalized spacial score (nSPS) is 12.6. The van der Waals surface area contributed by atoms with Gasteiger partial charge in [0.05, 0.1) is 12.9 Å². The first-order chi connectivity index (χ1) is 13.4. The van der Waals surface area contributed by atoms with E-state index in [-0.39, 0.29) is 18.4 Å². The van der Waals surface area contributed by atoms with Gasteiger partial charge in [0, 0.05) is 25.8 Å². The van der Waals surface area contributed by atoms with Crippen molar-refractivity contribution < 1.29 is 31.6 Å². The molecular weight excluding hydrogens is 386 g/mol. The fourth-order valence-electron chi connectivity index (χ4n) is 2.71. The lowest BCUT2D eigenvalue weighted by atomic mass is 10.1. The lowest BCUT2D eigenvalue weighted by Crippen LogP contribution is -2.33. The number of nitrogens with zero attached hydrogens (tertiary/aromatic N) is 1. The van der Waals surface area contributed by atoms with E-state index in [4.69, 9.17) is 18.4 Å². The van der Waals surface area contributed by atoms with Crippen LogP contribution in [0.1, 0.15) is 15.9 Å². The summed E-state index contributed by atoms with van der Waals surface area (Å²) >= 11 is 0. The summed E-state index contributed by atoms with van der Waals surface area (Å²) in [5.41, 5.74) is 1.31. The van der Waals surface area contributed by atoms with Crippen LogP contribution in [0.5, 0.6) is 17.2 Å². The second-order valence-corrected chi connectivity index (χ2v) is 7.79. The van der Waals surface area contributed by atoms with Crippen LogP contribution >= 0.6 is 0 Å². The van der Waals surface area contributed by atoms with Crippen molar-refractivity contribution in [1.29, 1.82) is 0 Å². The first-order valence-electron chi connectivity index (χ1n) is 8.52. The van der Waals surface area contributed by atoms with Crippen LogP contribution in [0.15, 0.2) is 42.5 Å². The summed E-state index contributed by atoms with van der Waals surface area (Å²) in [7, 11) is -2.01. The predicted molar refractivity (Wildman–Crippen MR) is 101 cm³/mol. The van der Waals surface area contributed by atoms with Crippen molar-refractivity contribution in [3.63, 3.8) is 0 Å². The molecule has 0 spiro atoms. The Morgan fingerprint density at radius 1 is 1.11 bits per heavy atom. The molecule has 0 bridgehead atoms. The van der Waals surface area contributed by atoms with Crippen molar-refractivity contribution in [3.8, 4) is 17.2 Å². The lowest BCUT2D eigenvalue weighted by molar-refractivity contribution is 0.0680. The fourth-order valence-corrected chi connectivity index (χ4v) is 3.17. The van der Waals surface area contributed by atoms with Crippen molar-refractivity contribution in [2.24, 2.45) is 0 Å². The average Bonchev–Trinajstić information content (AvgIpc) is 3.12. The van der Waals surface area contributed by atoms with E-state index in [1.807, 2.05) is 0 Å². The first kappa shape index (κ1) is 20.0. The van der Waals surface area contributed by atoms with Crippen molar-refractivity contribution in [2.45, 2.75) is 6.54 Å². The number of carbonyl (C=O) groups excluding carboxylic acids is 1. The number of hydrogen-bond acceptors (Lipinski definition) is 7. The summed E-state index contributed by atoms with van der Waals surface area (Å²) < 4.78 is 43.0. The quantitative estimate of drug-likeness (QED) is 0.619. The molecule has 1 heterocycles. The van der Waals surface area contributed by atoms with E-state index in [0.29, 0.717) is 36.8 Å². The van der Waals surface area contributed by atoms with Gasteiger partial charge in [-0.3, -0.25) is 4.79 Å². The van der Waals surface area contributed by atoms with Crippen LogP contribution in [0.2, 0.25) is 0 Å². The van der Waals surface area contributed by atoms with Gasteiger partial charge in [-0.15, -0.1) is 0 Å². The third-order valence-electron chi connectivity index (χ3n) is 4.02. The van der Waals surface area contributed by atoms with E-state index in [1.54, 1.807) is 54.5 Å². The minimum atomic E-state index is -3.58. The van der Waals surface area contributed by atoms with E-state index in [9.17, 15) is 13.2 Å². The van der Waals surface area contributed by atoms with Gasteiger partial charge in [0.1, 0.15) is 5.75 Å². The molecule has 0 radical (unpaired) electrons. The minimum absolute atomic E-state index is 0.141. The molecule has 3 rings (SSSR count). The molecule has 8 nitrogen and oxygen atoms in total. The molecule has 0 fully saturated rings. The highest BCUT2D eigenvalue weighted by atomic mass is 32.2. The zero-order chi connectivity index (χ0) is 20.1. The standard InChI is InChI=1S/C19H21NO7S/c1-24-10-9-20(12-14-3-6-16(7-4-14)27-28(2,22)23)19(21)15-5-8-17-18(11-15)26-13-25-17/h3-8,11H,9-10,12-13H2,1-2H3. The Morgan fingerprint density at radius 2 is 1.82 bits per heavy atom. The van der Waals surface area contributed by atoms with Crippen LogP contribution in [0.3, 0.4) is 0 Å². The highest BCUT2D eigenvalue weighted by Gasteiger charge is 2.20. The molecule has 0 saturated heterocycles. The van der Waals surface area contributed by atoms with Gasteiger partial charge in [-0.25, -0.2) is 0 Å². The summed E-state index contributed by atoms with van der Waals surface area (Å²) in [5.74, 6) is 1.20.